The number of hydrogen-bond donors (Lipinski definition) is 0. The molecule has 1 aromatic rings. The fraction of sp³-hybridized carbons (Fsp3) is 0.611. The third kappa shape index (κ3) is 2.52. The van der Waals surface area contributed by atoms with Crippen LogP contribution in [0.15, 0.2) is 12.1 Å². The summed E-state index contributed by atoms with van der Waals surface area (Å²) in [5, 5.41) is 0. The molecule has 1 aliphatic carbocycles. The quantitative estimate of drug-likeness (QED) is 0.596. The lowest BCUT2D eigenvalue weighted by Crippen LogP contribution is -2.14. The molecule has 0 spiro atoms. The number of hydrogen-bond acceptors (Lipinski definition) is 5. The molecule has 0 aromatic heterocycles. The molecule has 124 valence electrons. The van der Waals surface area contributed by atoms with Crippen molar-refractivity contribution in [1.29, 1.82) is 0 Å². The Bertz CT molecular complexity index is 637. The van der Waals surface area contributed by atoms with Crippen LogP contribution in [0.3, 0.4) is 0 Å². The lowest BCUT2D eigenvalue weighted by molar-refractivity contribution is -0.145. The maximum absolute atomic E-state index is 12.1. The fourth-order valence-corrected chi connectivity index (χ4v) is 3.51. The molecular weight excluding hydrogens is 296 g/mol. The van der Waals surface area contributed by atoms with Crippen molar-refractivity contribution < 1.29 is 23.7 Å². The summed E-state index contributed by atoms with van der Waals surface area (Å²) in [6.07, 6.45) is 0.135. The van der Waals surface area contributed by atoms with Crippen molar-refractivity contribution >= 4 is 5.97 Å². The minimum absolute atomic E-state index is 0.0423. The number of rotatable bonds is 6. The number of epoxide rings is 1. The van der Waals surface area contributed by atoms with Gasteiger partial charge in [0.15, 0.2) is 0 Å². The fourth-order valence-electron chi connectivity index (χ4n) is 3.51. The van der Waals surface area contributed by atoms with Gasteiger partial charge in [-0.2, -0.15) is 0 Å². The molecule has 1 aromatic carbocycles. The molecule has 23 heavy (non-hydrogen) atoms. The van der Waals surface area contributed by atoms with Gasteiger partial charge in [-0.1, -0.05) is 12.1 Å². The summed E-state index contributed by atoms with van der Waals surface area (Å²) in [6.45, 7) is 7.72. The van der Waals surface area contributed by atoms with Crippen LogP contribution in [0.1, 0.15) is 42.6 Å². The van der Waals surface area contributed by atoms with Crippen LogP contribution in [0.2, 0.25) is 0 Å². The second kappa shape index (κ2) is 5.49. The van der Waals surface area contributed by atoms with E-state index in [0.717, 1.165) is 29.0 Å². The number of aryl methyl sites for hydroxylation is 1. The third-order valence-corrected chi connectivity index (χ3v) is 4.90. The van der Waals surface area contributed by atoms with E-state index in [1.807, 2.05) is 20.8 Å². The molecule has 2 fully saturated rings. The SMILES string of the molecule is CCOC(=O)[C@@H]1[C@H]2Oc3c(C)ccc([C@@H](C)OC[C@H]4CO4)c3[C@H]21. The van der Waals surface area contributed by atoms with Gasteiger partial charge in [0.25, 0.3) is 0 Å². The summed E-state index contributed by atoms with van der Waals surface area (Å²) in [7, 11) is 0. The largest absolute Gasteiger partial charge is 0.488 e. The minimum Gasteiger partial charge on any atom is -0.488 e. The van der Waals surface area contributed by atoms with E-state index in [-0.39, 0.29) is 36.1 Å². The highest BCUT2D eigenvalue weighted by Gasteiger charge is 2.64. The molecule has 4 rings (SSSR count). The van der Waals surface area contributed by atoms with Gasteiger partial charge in [0.1, 0.15) is 23.9 Å². The first kappa shape index (κ1) is 15.0. The van der Waals surface area contributed by atoms with Crippen molar-refractivity contribution in [3.05, 3.63) is 28.8 Å². The van der Waals surface area contributed by atoms with Crippen molar-refractivity contribution in [3.8, 4) is 5.75 Å². The molecule has 5 heteroatoms. The van der Waals surface area contributed by atoms with Crippen LogP contribution >= 0.6 is 0 Å². The predicted molar refractivity (Wildman–Crippen MR) is 82.6 cm³/mol. The van der Waals surface area contributed by atoms with Gasteiger partial charge in [-0.3, -0.25) is 4.79 Å². The van der Waals surface area contributed by atoms with Crippen LogP contribution in [-0.2, 0) is 19.0 Å². The molecule has 0 unspecified atom stereocenters. The van der Waals surface area contributed by atoms with Gasteiger partial charge in [-0.25, -0.2) is 0 Å². The van der Waals surface area contributed by atoms with Crippen molar-refractivity contribution in [2.75, 3.05) is 19.8 Å². The second-order valence-electron chi connectivity index (χ2n) is 6.53. The van der Waals surface area contributed by atoms with Crippen LogP contribution < -0.4 is 4.74 Å². The first-order valence-corrected chi connectivity index (χ1v) is 8.31. The molecule has 5 nitrogen and oxygen atoms in total. The molecule has 1 saturated carbocycles. The summed E-state index contributed by atoms with van der Waals surface area (Å²) in [6, 6.07) is 4.16. The Labute approximate surface area is 135 Å². The average Bonchev–Trinajstić information content (AvgIpc) is 3.44. The first-order valence-electron chi connectivity index (χ1n) is 8.31. The molecule has 0 N–H and O–H groups in total. The van der Waals surface area contributed by atoms with E-state index in [9.17, 15) is 4.79 Å². The van der Waals surface area contributed by atoms with Gasteiger partial charge >= 0.3 is 5.97 Å². The zero-order chi connectivity index (χ0) is 16.1. The monoisotopic (exact) mass is 318 g/mol. The van der Waals surface area contributed by atoms with Gasteiger partial charge < -0.3 is 18.9 Å². The normalized spacial score (nSPS) is 30.9. The Morgan fingerprint density at radius 2 is 2.22 bits per heavy atom. The van der Waals surface area contributed by atoms with E-state index in [1.54, 1.807) is 0 Å². The summed E-state index contributed by atoms with van der Waals surface area (Å²) in [5.74, 6) is 0.723. The number of carbonyl (C=O) groups is 1. The lowest BCUT2D eigenvalue weighted by Gasteiger charge is -2.19. The van der Waals surface area contributed by atoms with Gasteiger partial charge in [0, 0.05) is 11.5 Å². The highest BCUT2D eigenvalue weighted by Crippen LogP contribution is 2.61. The van der Waals surface area contributed by atoms with Crippen LogP contribution in [0.5, 0.6) is 5.75 Å². The van der Waals surface area contributed by atoms with E-state index in [1.165, 1.54) is 0 Å². The number of benzene rings is 1. The molecule has 0 amide bonds. The molecular formula is C18H22O5. The van der Waals surface area contributed by atoms with Crippen LogP contribution in [0, 0.1) is 12.8 Å². The van der Waals surface area contributed by atoms with Gasteiger partial charge in [-0.05, 0) is 31.9 Å². The van der Waals surface area contributed by atoms with Crippen LogP contribution in [0.4, 0.5) is 0 Å². The van der Waals surface area contributed by atoms with E-state index < -0.39 is 0 Å². The Hall–Kier alpha value is -1.59. The lowest BCUT2D eigenvalue weighted by atomic mass is 9.95. The topological polar surface area (TPSA) is 57.3 Å². The summed E-state index contributed by atoms with van der Waals surface area (Å²) in [4.78, 5) is 12.1. The van der Waals surface area contributed by atoms with Gasteiger partial charge in [0.05, 0.1) is 25.9 Å². The van der Waals surface area contributed by atoms with E-state index in [2.05, 4.69) is 12.1 Å². The van der Waals surface area contributed by atoms with Crippen molar-refractivity contribution in [2.45, 2.75) is 45.0 Å². The van der Waals surface area contributed by atoms with Crippen molar-refractivity contribution in [3.63, 3.8) is 0 Å². The molecule has 2 aliphatic heterocycles. The molecule has 1 saturated heterocycles. The van der Waals surface area contributed by atoms with E-state index >= 15 is 0 Å². The molecule has 5 atom stereocenters. The zero-order valence-corrected chi connectivity index (χ0v) is 13.7. The standard InChI is InChI=1S/C18H22O5/c1-4-20-18(19)15-14-13-12(10(3)21-7-11-8-22-11)6-5-9(2)16(13)23-17(14)15/h5-6,10-11,14-15,17H,4,7-8H2,1-3H3/t10-,11+,14+,15+,17+/m1/s1. The minimum atomic E-state index is -0.165. The maximum atomic E-state index is 12.1. The smallest absolute Gasteiger partial charge is 0.313 e. The summed E-state index contributed by atoms with van der Waals surface area (Å²) in [5.41, 5.74) is 3.36. The maximum Gasteiger partial charge on any atom is 0.313 e. The van der Waals surface area contributed by atoms with E-state index in [4.69, 9.17) is 18.9 Å². The summed E-state index contributed by atoms with van der Waals surface area (Å²) >= 11 is 0. The third-order valence-electron chi connectivity index (χ3n) is 4.90. The van der Waals surface area contributed by atoms with Gasteiger partial charge in [0.2, 0.25) is 0 Å². The van der Waals surface area contributed by atoms with Crippen molar-refractivity contribution in [1.82, 2.24) is 0 Å². The Balaban J connectivity index is 1.58. The van der Waals surface area contributed by atoms with Crippen molar-refractivity contribution in [2.24, 2.45) is 5.92 Å². The van der Waals surface area contributed by atoms with Gasteiger partial charge in [-0.15, -0.1) is 0 Å². The van der Waals surface area contributed by atoms with Crippen LogP contribution in [-0.4, -0.2) is 38.0 Å². The molecule has 0 radical (unpaired) electrons. The number of fused-ring (bicyclic) bond motifs is 3. The number of esters is 1. The van der Waals surface area contributed by atoms with E-state index in [0.29, 0.717) is 13.2 Å². The predicted octanol–water partition coefficient (Wildman–Crippen LogP) is 2.51. The summed E-state index contributed by atoms with van der Waals surface area (Å²) < 4.78 is 22.3. The molecule has 3 aliphatic rings. The Morgan fingerprint density at radius 1 is 1.43 bits per heavy atom. The number of carbonyl (C=O) groups excluding carboxylic acids is 1. The zero-order valence-electron chi connectivity index (χ0n) is 13.7. The Morgan fingerprint density at radius 3 is 2.91 bits per heavy atom. The second-order valence-corrected chi connectivity index (χ2v) is 6.53. The highest BCUT2D eigenvalue weighted by atomic mass is 16.6. The molecule has 2 heterocycles. The van der Waals surface area contributed by atoms with Crippen LogP contribution in [0.25, 0.3) is 0 Å². The first-order chi connectivity index (χ1) is 11.1. The highest BCUT2D eigenvalue weighted by molar-refractivity contribution is 5.81. The number of ether oxygens (including phenoxy) is 4. The Kier molecular flexibility index (Phi) is 3.58. The molecule has 0 bridgehead atoms. The average molecular weight is 318 g/mol.